The Hall–Kier alpha value is -1.08. The summed E-state index contributed by atoms with van der Waals surface area (Å²) in [6, 6.07) is 2.24. The van der Waals surface area contributed by atoms with Gasteiger partial charge in [-0.2, -0.15) is 5.26 Å². The summed E-state index contributed by atoms with van der Waals surface area (Å²) in [5.41, 5.74) is -0.763. The molecule has 1 amide bonds. The Morgan fingerprint density at radius 1 is 1.44 bits per heavy atom. The highest BCUT2D eigenvalue weighted by molar-refractivity contribution is 5.85. The van der Waals surface area contributed by atoms with Crippen molar-refractivity contribution in [2.75, 3.05) is 27.3 Å². The summed E-state index contributed by atoms with van der Waals surface area (Å²) in [6.07, 6.45) is 4.52. The highest BCUT2D eigenvalue weighted by Gasteiger charge is 2.41. The number of hydrogen-bond acceptors (Lipinski definition) is 3. The van der Waals surface area contributed by atoms with Crippen LogP contribution in [0.4, 0.5) is 0 Å². The predicted octanol–water partition coefficient (Wildman–Crippen LogP) is 1.57. The van der Waals surface area contributed by atoms with Crippen molar-refractivity contribution in [2.45, 2.75) is 32.1 Å². The molecular formula is C12H20N2O2. The number of likely N-dealkylation sites (N-methyl/N-ethyl adjacent to an activating group) is 1. The molecule has 0 radical (unpaired) electrons. The van der Waals surface area contributed by atoms with E-state index in [-0.39, 0.29) is 5.91 Å². The zero-order valence-electron chi connectivity index (χ0n) is 10.2. The van der Waals surface area contributed by atoms with Crippen LogP contribution in [0, 0.1) is 16.7 Å². The van der Waals surface area contributed by atoms with Crippen molar-refractivity contribution in [3.63, 3.8) is 0 Å². The van der Waals surface area contributed by atoms with Crippen molar-refractivity contribution in [1.82, 2.24) is 4.90 Å². The SMILES string of the molecule is COCCN(C)C(=O)C1(C#N)CCCCC1. The lowest BCUT2D eigenvalue weighted by atomic mass is 9.74. The number of carbonyl (C=O) groups is 1. The standard InChI is InChI=1S/C12H20N2O2/c1-14(8-9-16-2)11(15)12(10-13)6-4-3-5-7-12/h3-9H2,1-2H3. The lowest BCUT2D eigenvalue weighted by Gasteiger charge is -2.33. The molecule has 0 saturated heterocycles. The third-order valence-corrected chi connectivity index (χ3v) is 3.31. The molecule has 0 aromatic carbocycles. The Bertz CT molecular complexity index is 277. The van der Waals surface area contributed by atoms with Crippen LogP contribution in [0.3, 0.4) is 0 Å². The zero-order chi connectivity index (χ0) is 12.0. The quantitative estimate of drug-likeness (QED) is 0.728. The minimum Gasteiger partial charge on any atom is -0.383 e. The van der Waals surface area contributed by atoms with E-state index in [0.29, 0.717) is 26.0 Å². The number of hydrogen-bond donors (Lipinski definition) is 0. The predicted molar refractivity (Wildman–Crippen MR) is 60.6 cm³/mol. The lowest BCUT2D eigenvalue weighted by Crippen LogP contribution is -2.43. The van der Waals surface area contributed by atoms with Crippen molar-refractivity contribution in [3.8, 4) is 6.07 Å². The normalized spacial score (nSPS) is 18.8. The molecule has 0 bridgehead atoms. The van der Waals surface area contributed by atoms with E-state index in [9.17, 15) is 10.1 Å². The fourth-order valence-electron chi connectivity index (χ4n) is 2.22. The Labute approximate surface area is 97.2 Å². The minimum atomic E-state index is -0.763. The first kappa shape index (κ1) is 13.0. The van der Waals surface area contributed by atoms with Crippen LogP contribution in [-0.2, 0) is 9.53 Å². The summed E-state index contributed by atoms with van der Waals surface area (Å²) in [4.78, 5) is 13.8. The second kappa shape index (κ2) is 5.86. The first-order valence-electron chi connectivity index (χ1n) is 5.82. The molecule has 0 heterocycles. The molecule has 0 aliphatic heterocycles. The number of ether oxygens (including phenoxy) is 1. The van der Waals surface area contributed by atoms with E-state index in [1.165, 1.54) is 0 Å². The van der Waals surface area contributed by atoms with Gasteiger partial charge in [-0.1, -0.05) is 19.3 Å². The molecular weight excluding hydrogens is 204 g/mol. The molecule has 4 heteroatoms. The van der Waals surface area contributed by atoms with Gasteiger partial charge in [0.15, 0.2) is 0 Å². The summed E-state index contributed by atoms with van der Waals surface area (Å²) >= 11 is 0. The van der Waals surface area contributed by atoms with Crippen LogP contribution in [0.1, 0.15) is 32.1 Å². The number of carbonyl (C=O) groups excluding carboxylic acids is 1. The molecule has 0 unspecified atom stereocenters. The maximum atomic E-state index is 12.2. The summed E-state index contributed by atoms with van der Waals surface area (Å²) in [7, 11) is 3.36. The topological polar surface area (TPSA) is 53.3 Å². The summed E-state index contributed by atoms with van der Waals surface area (Å²) in [5.74, 6) is -0.0354. The van der Waals surface area contributed by atoms with Crippen LogP contribution < -0.4 is 0 Å². The molecule has 0 aromatic heterocycles. The average molecular weight is 224 g/mol. The number of nitrogens with zero attached hydrogens (tertiary/aromatic N) is 2. The van der Waals surface area contributed by atoms with E-state index in [4.69, 9.17) is 4.74 Å². The largest absolute Gasteiger partial charge is 0.383 e. The summed E-state index contributed by atoms with van der Waals surface area (Å²) in [6.45, 7) is 1.07. The second-order valence-corrected chi connectivity index (χ2v) is 4.47. The number of nitriles is 1. The Morgan fingerprint density at radius 2 is 2.06 bits per heavy atom. The first-order valence-corrected chi connectivity index (χ1v) is 5.82. The fourth-order valence-corrected chi connectivity index (χ4v) is 2.22. The zero-order valence-corrected chi connectivity index (χ0v) is 10.2. The van der Waals surface area contributed by atoms with Gasteiger partial charge >= 0.3 is 0 Å². The molecule has 0 N–H and O–H groups in total. The van der Waals surface area contributed by atoms with Gasteiger partial charge in [0.2, 0.25) is 5.91 Å². The van der Waals surface area contributed by atoms with Crippen molar-refractivity contribution in [1.29, 1.82) is 5.26 Å². The van der Waals surface area contributed by atoms with Gasteiger partial charge in [-0.05, 0) is 12.8 Å². The van der Waals surface area contributed by atoms with Gasteiger partial charge in [-0.3, -0.25) is 4.79 Å². The van der Waals surface area contributed by atoms with Crippen LogP contribution in [0.2, 0.25) is 0 Å². The molecule has 0 atom stereocenters. The molecule has 1 aliphatic rings. The smallest absolute Gasteiger partial charge is 0.242 e. The minimum absolute atomic E-state index is 0.0354. The second-order valence-electron chi connectivity index (χ2n) is 4.47. The van der Waals surface area contributed by atoms with Crippen molar-refractivity contribution >= 4 is 5.91 Å². The third-order valence-electron chi connectivity index (χ3n) is 3.31. The number of rotatable bonds is 4. The monoisotopic (exact) mass is 224 g/mol. The van der Waals surface area contributed by atoms with E-state index in [2.05, 4.69) is 6.07 Å². The van der Waals surface area contributed by atoms with Gasteiger partial charge in [0, 0.05) is 20.7 Å². The Kier molecular flexibility index (Phi) is 4.75. The third kappa shape index (κ3) is 2.73. The molecule has 0 spiro atoms. The van der Waals surface area contributed by atoms with Crippen LogP contribution in [0.5, 0.6) is 0 Å². The van der Waals surface area contributed by atoms with Crippen molar-refractivity contribution < 1.29 is 9.53 Å². The Morgan fingerprint density at radius 3 is 2.56 bits per heavy atom. The number of amides is 1. The maximum absolute atomic E-state index is 12.2. The van der Waals surface area contributed by atoms with Crippen molar-refractivity contribution in [3.05, 3.63) is 0 Å². The van der Waals surface area contributed by atoms with Gasteiger partial charge < -0.3 is 9.64 Å². The summed E-state index contributed by atoms with van der Waals surface area (Å²) < 4.78 is 4.94. The van der Waals surface area contributed by atoms with Crippen LogP contribution in [0.25, 0.3) is 0 Å². The van der Waals surface area contributed by atoms with Gasteiger partial charge in [-0.25, -0.2) is 0 Å². The fraction of sp³-hybridized carbons (Fsp3) is 0.833. The highest BCUT2D eigenvalue weighted by Crippen LogP contribution is 2.37. The maximum Gasteiger partial charge on any atom is 0.242 e. The lowest BCUT2D eigenvalue weighted by molar-refractivity contribution is -0.139. The average Bonchev–Trinajstić information content (AvgIpc) is 2.35. The van der Waals surface area contributed by atoms with Crippen LogP contribution in [-0.4, -0.2) is 38.1 Å². The molecule has 16 heavy (non-hydrogen) atoms. The molecule has 1 fully saturated rings. The van der Waals surface area contributed by atoms with Gasteiger partial charge in [-0.15, -0.1) is 0 Å². The van der Waals surface area contributed by atoms with Gasteiger partial charge in [0.25, 0.3) is 0 Å². The molecule has 1 rings (SSSR count). The van der Waals surface area contributed by atoms with E-state index in [1.807, 2.05) is 0 Å². The number of methoxy groups -OCH3 is 1. The molecule has 1 saturated carbocycles. The van der Waals surface area contributed by atoms with Gasteiger partial charge in [0.1, 0.15) is 5.41 Å². The molecule has 90 valence electrons. The van der Waals surface area contributed by atoms with E-state index in [1.54, 1.807) is 19.1 Å². The van der Waals surface area contributed by atoms with Crippen LogP contribution in [0.15, 0.2) is 0 Å². The van der Waals surface area contributed by atoms with Crippen LogP contribution >= 0.6 is 0 Å². The highest BCUT2D eigenvalue weighted by atomic mass is 16.5. The van der Waals surface area contributed by atoms with Gasteiger partial charge in [0.05, 0.1) is 12.7 Å². The van der Waals surface area contributed by atoms with E-state index < -0.39 is 5.41 Å². The van der Waals surface area contributed by atoms with E-state index in [0.717, 1.165) is 19.3 Å². The first-order chi connectivity index (χ1) is 7.66. The molecule has 4 nitrogen and oxygen atoms in total. The molecule has 1 aliphatic carbocycles. The van der Waals surface area contributed by atoms with E-state index >= 15 is 0 Å². The summed E-state index contributed by atoms with van der Waals surface area (Å²) in [5, 5.41) is 9.26. The molecule has 0 aromatic rings. The Balaban J connectivity index is 2.65. The van der Waals surface area contributed by atoms with Crippen molar-refractivity contribution in [2.24, 2.45) is 5.41 Å².